The van der Waals surface area contributed by atoms with Gasteiger partial charge in [-0.25, -0.2) is 8.42 Å². The van der Waals surface area contributed by atoms with Crippen molar-refractivity contribution >= 4 is 15.7 Å². The predicted octanol–water partition coefficient (Wildman–Crippen LogP) is 1.42. The molecule has 118 valence electrons. The Morgan fingerprint density at radius 2 is 2.05 bits per heavy atom. The predicted molar refractivity (Wildman–Crippen MR) is 81.1 cm³/mol. The van der Waals surface area contributed by atoms with Crippen LogP contribution in [0.4, 0.5) is 0 Å². The second-order valence-electron chi connectivity index (χ2n) is 5.63. The number of sulfone groups is 1. The summed E-state index contributed by atoms with van der Waals surface area (Å²) in [5.41, 5.74) is 1.42. The summed E-state index contributed by atoms with van der Waals surface area (Å²) in [6.07, 6.45) is 2.53. The Morgan fingerprint density at radius 1 is 1.43 bits per heavy atom. The van der Waals surface area contributed by atoms with Crippen molar-refractivity contribution in [3.05, 3.63) is 17.5 Å². The summed E-state index contributed by atoms with van der Waals surface area (Å²) in [5.74, 6) is 0.00890. The van der Waals surface area contributed by atoms with Gasteiger partial charge in [-0.3, -0.25) is 9.48 Å². The lowest BCUT2D eigenvalue weighted by Crippen LogP contribution is -2.57. The molecule has 1 aromatic rings. The lowest BCUT2D eigenvalue weighted by Gasteiger charge is -2.38. The summed E-state index contributed by atoms with van der Waals surface area (Å²) in [5, 5.41) is 3.88. The van der Waals surface area contributed by atoms with E-state index in [4.69, 9.17) is 0 Å². The van der Waals surface area contributed by atoms with Gasteiger partial charge in [-0.1, -0.05) is 13.8 Å². The molecule has 0 radical (unpaired) electrons. The fourth-order valence-corrected chi connectivity index (χ4v) is 3.77. The first-order valence-electron chi connectivity index (χ1n) is 7.36. The first-order chi connectivity index (χ1) is 9.81. The lowest BCUT2D eigenvalue weighted by atomic mass is 10.1. The van der Waals surface area contributed by atoms with E-state index in [0.717, 1.165) is 12.1 Å². The van der Waals surface area contributed by atoms with Crippen LogP contribution in [0.2, 0.25) is 0 Å². The van der Waals surface area contributed by atoms with Crippen molar-refractivity contribution < 1.29 is 13.2 Å². The van der Waals surface area contributed by atoms with Gasteiger partial charge in [0.05, 0.1) is 17.0 Å². The van der Waals surface area contributed by atoms with Crippen LogP contribution in [-0.4, -0.2) is 53.1 Å². The van der Waals surface area contributed by atoms with Crippen molar-refractivity contribution in [3.63, 3.8) is 0 Å². The van der Waals surface area contributed by atoms with Crippen LogP contribution in [0.25, 0.3) is 0 Å². The summed E-state index contributed by atoms with van der Waals surface area (Å²) in [4.78, 5) is 14.0. The number of hydrogen-bond acceptors (Lipinski definition) is 4. The molecular formula is C14H23N3O3S. The Hall–Kier alpha value is -1.37. The molecule has 1 atom stereocenters. The standard InChI is InChI=1S/C14H23N3O3S/c1-5-10(3)17-11(4)13(7-15-17)14(18)16-8-12(9-16)21(19,20)6-2/h7,10,12H,5-6,8-9H2,1-4H3. The molecule has 7 heteroatoms. The van der Waals surface area contributed by atoms with Gasteiger partial charge >= 0.3 is 0 Å². The Kier molecular flexibility index (Phi) is 4.41. The Balaban J connectivity index is 2.08. The summed E-state index contributed by atoms with van der Waals surface area (Å²) in [6.45, 7) is 8.24. The van der Waals surface area contributed by atoms with E-state index in [0.29, 0.717) is 18.7 Å². The van der Waals surface area contributed by atoms with Crippen LogP contribution in [0.3, 0.4) is 0 Å². The average molecular weight is 313 g/mol. The van der Waals surface area contributed by atoms with Crippen LogP contribution in [0, 0.1) is 6.92 Å². The van der Waals surface area contributed by atoms with Crippen molar-refractivity contribution in [2.75, 3.05) is 18.8 Å². The zero-order valence-electron chi connectivity index (χ0n) is 13.0. The number of amides is 1. The lowest BCUT2D eigenvalue weighted by molar-refractivity contribution is 0.0658. The molecular weight excluding hydrogens is 290 g/mol. The first-order valence-corrected chi connectivity index (χ1v) is 9.08. The van der Waals surface area contributed by atoms with Crippen LogP contribution in [0.5, 0.6) is 0 Å². The minimum Gasteiger partial charge on any atom is -0.336 e. The van der Waals surface area contributed by atoms with E-state index in [1.54, 1.807) is 18.0 Å². The molecule has 6 nitrogen and oxygen atoms in total. The summed E-state index contributed by atoms with van der Waals surface area (Å²) >= 11 is 0. The average Bonchev–Trinajstić information content (AvgIpc) is 2.77. The molecule has 2 rings (SSSR count). The molecule has 1 fully saturated rings. The molecule has 2 heterocycles. The molecule has 1 aromatic heterocycles. The molecule has 21 heavy (non-hydrogen) atoms. The van der Waals surface area contributed by atoms with Crippen LogP contribution in [-0.2, 0) is 9.84 Å². The first kappa shape index (κ1) is 16.0. The molecule has 1 unspecified atom stereocenters. The number of hydrogen-bond donors (Lipinski definition) is 0. The second kappa shape index (κ2) is 5.79. The third-order valence-electron chi connectivity index (χ3n) is 4.33. The van der Waals surface area contributed by atoms with Crippen LogP contribution in [0.15, 0.2) is 6.20 Å². The molecule has 0 N–H and O–H groups in total. The molecule has 1 amide bonds. The monoisotopic (exact) mass is 313 g/mol. The smallest absolute Gasteiger partial charge is 0.257 e. The summed E-state index contributed by atoms with van der Waals surface area (Å²) in [6, 6.07) is 0.246. The van der Waals surface area contributed by atoms with Crippen molar-refractivity contribution in [1.82, 2.24) is 14.7 Å². The number of likely N-dealkylation sites (tertiary alicyclic amines) is 1. The van der Waals surface area contributed by atoms with E-state index in [9.17, 15) is 13.2 Å². The molecule has 0 bridgehead atoms. The minimum atomic E-state index is -3.05. The molecule has 0 saturated carbocycles. The Labute approximate surface area is 126 Å². The zero-order valence-corrected chi connectivity index (χ0v) is 13.9. The Bertz CT molecular complexity index is 630. The van der Waals surface area contributed by atoms with Crippen molar-refractivity contribution in [1.29, 1.82) is 0 Å². The number of nitrogens with zero attached hydrogens (tertiary/aromatic N) is 3. The van der Waals surface area contributed by atoms with Gasteiger partial charge in [0.1, 0.15) is 0 Å². The molecule has 0 spiro atoms. The molecule has 0 aliphatic carbocycles. The van der Waals surface area contributed by atoms with Gasteiger partial charge in [0.25, 0.3) is 5.91 Å². The maximum absolute atomic E-state index is 12.4. The third-order valence-corrected chi connectivity index (χ3v) is 6.45. The molecule has 1 saturated heterocycles. The van der Waals surface area contributed by atoms with E-state index >= 15 is 0 Å². The van der Waals surface area contributed by atoms with Gasteiger partial charge in [0.2, 0.25) is 0 Å². The van der Waals surface area contributed by atoms with Gasteiger partial charge in [-0.2, -0.15) is 5.10 Å². The summed E-state index contributed by atoms with van der Waals surface area (Å²) in [7, 11) is -3.05. The molecule has 1 aliphatic heterocycles. The van der Waals surface area contributed by atoms with E-state index in [-0.39, 0.29) is 17.7 Å². The minimum absolute atomic E-state index is 0.121. The quantitative estimate of drug-likeness (QED) is 0.824. The van der Waals surface area contributed by atoms with Gasteiger partial charge in [0, 0.05) is 30.6 Å². The largest absolute Gasteiger partial charge is 0.336 e. The molecule has 1 aliphatic rings. The van der Waals surface area contributed by atoms with Gasteiger partial charge < -0.3 is 4.90 Å². The maximum atomic E-state index is 12.4. The van der Waals surface area contributed by atoms with Gasteiger partial charge in [0.15, 0.2) is 9.84 Å². The van der Waals surface area contributed by atoms with Crippen LogP contribution >= 0.6 is 0 Å². The van der Waals surface area contributed by atoms with Crippen LogP contribution < -0.4 is 0 Å². The van der Waals surface area contributed by atoms with Crippen molar-refractivity contribution in [3.8, 4) is 0 Å². The number of carbonyl (C=O) groups excluding carboxylic acids is 1. The van der Waals surface area contributed by atoms with E-state index in [1.807, 2.05) is 11.6 Å². The van der Waals surface area contributed by atoms with E-state index in [1.165, 1.54) is 0 Å². The van der Waals surface area contributed by atoms with E-state index in [2.05, 4.69) is 18.9 Å². The summed E-state index contributed by atoms with van der Waals surface area (Å²) < 4.78 is 25.3. The third kappa shape index (κ3) is 2.84. The van der Waals surface area contributed by atoms with Gasteiger partial charge in [-0.15, -0.1) is 0 Å². The number of carbonyl (C=O) groups is 1. The zero-order chi connectivity index (χ0) is 15.8. The highest BCUT2D eigenvalue weighted by Crippen LogP contribution is 2.22. The van der Waals surface area contributed by atoms with Crippen molar-refractivity contribution in [2.24, 2.45) is 0 Å². The number of rotatable bonds is 5. The molecule has 0 aromatic carbocycles. The highest BCUT2D eigenvalue weighted by atomic mass is 32.2. The van der Waals surface area contributed by atoms with E-state index < -0.39 is 15.1 Å². The number of aromatic nitrogens is 2. The fourth-order valence-electron chi connectivity index (χ4n) is 2.49. The second-order valence-corrected chi connectivity index (χ2v) is 8.20. The highest BCUT2D eigenvalue weighted by Gasteiger charge is 2.39. The SMILES string of the molecule is CCC(C)n1ncc(C(=O)N2CC(S(=O)(=O)CC)C2)c1C. The Morgan fingerprint density at radius 3 is 2.57 bits per heavy atom. The topological polar surface area (TPSA) is 72.3 Å². The highest BCUT2D eigenvalue weighted by molar-refractivity contribution is 7.92. The normalized spacial score (nSPS) is 17.6. The van der Waals surface area contributed by atoms with Gasteiger partial charge in [-0.05, 0) is 20.3 Å². The van der Waals surface area contributed by atoms with Crippen molar-refractivity contribution in [2.45, 2.75) is 45.4 Å². The maximum Gasteiger partial charge on any atom is 0.257 e. The van der Waals surface area contributed by atoms with Crippen LogP contribution in [0.1, 0.15) is 49.3 Å². The fraction of sp³-hybridized carbons (Fsp3) is 0.714.